The largest absolute Gasteiger partial charge is 0.496 e. The van der Waals surface area contributed by atoms with Gasteiger partial charge in [0.25, 0.3) is 0 Å². The van der Waals surface area contributed by atoms with E-state index in [-0.39, 0.29) is 0 Å². The summed E-state index contributed by atoms with van der Waals surface area (Å²) in [5.41, 5.74) is 3.94. The summed E-state index contributed by atoms with van der Waals surface area (Å²) in [5, 5.41) is 3.63. The first-order chi connectivity index (χ1) is 10.3. The monoisotopic (exact) mass is 282 g/mol. The minimum atomic E-state index is 0.597. The maximum absolute atomic E-state index is 5.45. The molecule has 3 nitrogen and oxygen atoms in total. The Bertz CT molecular complexity index is 606. The number of para-hydroxylation sites is 1. The molecule has 3 rings (SSSR count). The Morgan fingerprint density at radius 1 is 1.24 bits per heavy atom. The highest BCUT2D eigenvalue weighted by Gasteiger charge is 2.31. The molecule has 0 amide bonds. The zero-order valence-electron chi connectivity index (χ0n) is 12.7. The summed E-state index contributed by atoms with van der Waals surface area (Å²) in [5.74, 6) is 1.64. The van der Waals surface area contributed by atoms with Crippen molar-refractivity contribution in [3.8, 4) is 5.75 Å². The Morgan fingerprint density at radius 3 is 2.81 bits per heavy atom. The van der Waals surface area contributed by atoms with Crippen molar-refractivity contribution in [2.75, 3.05) is 7.11 Å². The van der Waals surface area contributed by atoms with E-state index in [0.717, 1.165) is 12.3 Å². The second-order valence-electron chi connectivity index (χ2n) is 5.79. The van der Waals surface area contributed by atoms with Gasteiger partial charge >= 0.3 is 0 Å². The average molecular weight is 282 g/mol. The van der Waals surface area contributed by atoms with Gasteiger partial charge in [0.2, 0.25) is 0 Å². The van der Waals surface area contributed by atoms with Crippen LogP contribution in [0.3, 0.4) is 0 Å². The van der Waals surface area contributed by atoms with Crippen molar-refractivity contribution in [1.82, 2.24) is 10.3 Å². The number of benzene rings is 1. The highest BCUT2D eigenvalue weighted by molar-refractivity contribution is 5.37. The third kappa shape index (κ3) is 3.08. The number of methoxy groups -OCH3 is 1. The van der Waals surface area contributed by atoms with Crippen molar-refractivity contribution < 1.29 is 4.74 Å². The Balaban J connectivity index is 1.53. The van der Waals surface area contributed by atoms with Crippen LogP contribution < -0.4 is 10.1 Å². The number of ether oxygens (including phenoxy) is 1. The van der Waals surface area contributed by atoms with Crippen molar-refractivity contribution in [3.63, 3.8) is 0 Å². The van der Waals surface area contributed by atoms with E-state index in [2.05, 4.69) is 41.5 Å². The third-order valence-corrected chi connectivity index (χ3v) is 4.45. The molecule has 3 heteroatoms. The standard InChI is InChI=1S/C18H22N2O/c1-13-7-8-19-11-15(13)12-20-16-9-14(10-16)17-5-3-4-6-18(17)21-2/h3-8,11,14,16,20H,9-10,12H2,1-2H3. The van der Waals surface area contributed by atoms with Crippen LogP contribution in [-0.4, -0.2) is 18.1 Å². The SMILES string of the molecule is COc1ccccc1C1CC(NCc2cnccc2C)C1. The molecule has 1 aliphatic rings. The van der Waals surface area contributed by atoms with Crippen LogP contribution in [0.5, 0.6) is 5.75 Å². The van der Waals surface area contributed by atoms with Crippen LogP contribution >= 0.6 is 0 Å². The average Bonchev–Trinajstić information content (AvgIpc) is 2.48. The van der Waals surface area contributed by atoms with Crippen LogP contribution in [0.4, 0.5) is 0 Å². The number of nitrogens with one attached hydrogen (secondary N) is 1. The lowest BCUT2D eigenvalue weighted by Gasteiger charge is -2.37. The molecule has 1 fully saturated rings. The van der Waals surface area contributed by atoms with Crippen LogP contribution in [0.15, 0.2) is 42.7 Å². The molecule has 110 valence electrons. The zero-order chi connectivity index (χ0) is 14.7. The Kier molecular flexibility index (Phi) is 4.20. The molecule has 0 spiro atoms. The fourth-order valence-corrected chi connectivity index (χ4v) is 2.98. The molecular weight excluding hydrogens is 260 g/mol. The molecule has 2 aromatic rings. The molecular formula is C18H22N2O. The van der Waals surface area contributed by atoms with E-state index in [0.29, 0.717) is 12.0 Å². The fraction of sp³-hybridized carbons (Fsp3) is 0.389. The van der Waals surface area contributed by atoms with E-state index >= 15 is 0 Å². The molecule has 0 aliphatic heterocycles. The maximum atomic E-state index is 5.45. The van der Waals surface area contributed by atoms with Crippen LogP contribution in [0.1, 0.15) is 35.4 Å². The van der Waals surface area contributed by atoms with E-state index in [1.165, 1.54) is 29.5 Å². The second-order valence-corrected chi connectivity index (χ2v) is 5.79. The number of nitrogens with zero attached hydrogens (tertiary/aromatic N) is 1. The molecule has 1 aliphatic carbocycles. The molecule has 0 saturated heterocycles. The van der Waals surface area contributed by atoms with Gasteiger partial charge < -0.3 is 10.1 Å². The highest BCUT2D eigenvalue weighted by Crippen LogP contribution is 2.40. The summed E-state index contributed by atoms with van der Waals surface area (Å²) >= 11 is 0. The van der Waals surface area contributed by atoms with E-state index in [4.69, 9.17) is 4.74 Å². The van der Waals surface area contributed by atoms with Gasteiger partial charge in [-0.15, -0.1) is 0 Å². The van der Waals surface area contributed by atoms with E-state index in [9.17, 15) is 0 Å². The van der Waals surface area contributed by atoms with Crippen LogP contribution in [-0.2, 0) is 6.54 Å². The number of hydrogen-bond donors (Lipinski definition) is 1. The summed E-state index contributed by atoms with van der Waals surface area (Å²) in [6.45, 7) is 3.04. The zero-order valence-corrected chi connectivity index (χ0v) is 12.7. The van der Waals surface area contributed by atoms with Crippen LogP contribution in [0, 0.1) is 6.92 Å². The molecule has 1 heterocycles. The molecule has 0 bridgehead atoms. The van der Waals surface area contributed by atoms with E-state index < -0.39 is 0 Å². The molecule has 0 unspecified atom stereocenters. The molecule has 0 atom stereocenters. The predicted octanol–water partition coefficient (Wildman–Crippen LogP) is 3.43. The van der Waals surface area contributed by atoms with Crippen LogP contribution in [0.2, 0.25) is 0 Å². The van der Waals surface area contributed by atoms with Crippen molar-refractivity contribution in [2.45, 2.75) is 38.3 Å². The molecule has 1 N–H and O–H groups in total. The van der Waals surface area contributed by atoms with Gasteiger partial charge in [-0.3, -0.25) is 4.98 Å². The first kappa shape index (κ1) is 14.1. The molecule has 1 saturated carbocycles. The van der Waals surface area contributed by atoms with E-state index in [1.54, 1.807) is 7.11 Å². The van der Waals surface area contributed by atoms with Gasteiger partial charge in [-0.25, -0.2) is 0 Å². The summed E-state index contributed by atoms with van der Waals surface area (Å²) in [4.78, 5) is 4.20. The number of hydrogen-bond acceptors (Lipinski definition) is 3. The summed E-state index contributed by atoms with van der Waals surface area (Å²) in [6.07, 6.45) is 6.16. The second kappa shape index (κ2) is 6.27. The Hall–Kier alpha value is -1.87. The molecule has 1 aromatic carbocycles. The van der Waals surface area contributed by atoms with E-state index in [1.807, 2.05) is 18.5 Å². The normalized spacial score (nSPS) is 20.9. The number of rotatable bonds is 5. The lowest BCUT2D eigenvalue weighted by Crippen LogP contribution is -2.39. The summed E-state index contributed by atoms with van der Waals surface area (Å²) in [7, 11) is 1.75. The predicted molar refractivity (Wildman–Crippen MR) is 84.6 cm³/mol. The third-order valence-electron chi connectivity index (χ3n) is 4.45. The number of aromatic nitrogens is 1. The highest BCUT2D eigenvalue weighted by atomic mass is 16.5. The quantitative estimate of drug-likeness (QED) is 0.912. The van der Waals surface area contributed by atoms with Gasteiger partial charge in [-0.1, -0.05) is 18.2 Å². The lowest BCUT2D eigenvalue weighted by molar-refractivity contribution is 0.282. The van der Waals surface area contributed by atoms with Crippen molar-refractivity contribution in [3.05, 3.63) is 59.4 Å². The minimum absolute atomic E-state index is 0.597. The topological polar surface area (TPSA) is 34.1 Å². The van der Waals surface area contributed by atoms with Gasteiger partial charge in [0.05, 0.1) is 7.11 Å². The lowest BCUT2D eigenvalue weighted by atomic mass is 9.75. The number of pyridine rings is 1. The Labute approximate surface area is 126 Å². The molecule has 1 aromatic heterocycles. The van der Waals surface area contributed by atoms with Gasteiger partial charge in [-0.2, -0.15) is 0 Å². The summed E-state index contributed by atoms with van der Waals surface area (Å²) in [6, 6.07) is 11.0. The smallest absolute Gasteiger partial charge is 0.122 e. The first-order valence-corrected chi connectivity index (χ1v) is 7.53. The minimum Gasteiger partial charge on any atom is -0.496 e. The van der Waals surface area contributed by atoms with Gasteiger partial charge in [-0.05, 0) is 54.5 Å². The Morgan fingerprint density at radius 2 is 2.05 bits per heavy atom. The fourth-order valence-electron chi connectivity index (χ4n) is 2.98. The molecule has 0 radical (unpaired) electrons. The van der Waals surface area contributed by atoms with Crippen molar-refractivity contribution in [1.29, 1.82) is 0 Å². The summed E-state index contributed by atoms with van der Waals surface area (Å²) < 4.78 is 5.45. The van der Waals surface area contributed by atoms with Crippen LogP contribution in [0.25, 0.3) is 0 Å². The first-order valence-electron chi connectivity index (χ1n) is 7.53. The van der Waals surface area contributed by atoms with Gasteiger partial charge in [0.1, 0.15) is 5.75 Å². The maximum Gasteiger partial charge on any atom is 0.122 e. The van der Waals surface area contributed by atoms with Crippen molar-refractivity contribution in [2.24, 2.45) is 0 Å². The van der Waals surface area contributed by atoms with Gasteiger partial charge in [0.15, 0.2) is 0 Å². The van der Waals surface area contributed by atoms with Crippen molar-refractivity contribution >= 4 is 0 Å². The van der Waals surface area contributed by atoms with Gasteiger partial charge in [0, 0.05) is 25.0 Å². The number of aryl methyl sites for hydroxylation is 1. The molecule has 21 heavy (non-hydrogen) atoms.